The van der Waals surface area contributed by atoms with Crippen molar-refractivity contribution in [2.45, 2.75) is 26.8 Å². The van der Waals surface area contributed by atoms with E-state index in [0.29, 0.717) is 12.5 Å². The summed E-state index contributed by atoms with van der Waals surface area (Å²) in [7, 11) is 0. The highest BCUT2D eigenvalue weighted by Gasteiger charge is 2.21. The van der Waals surface area contributed by atoms with Gasteiger partial charge in [0.25, 0.3) is 0 Å². The Hall–Kier alpha value is -1.02. The fourth-order valence-corrected chi connectivity index (χ4v) is 2.41. The van der Waals surface area contributed by atoms with E-state index in [9.17, 15) is 0 Å². The van der Waals surface area contributed by atoms with Gasteiger partial charge >= 0.3 is 0 Å². The molecule has 2 heteroatoms. The average molecular weight is 204 g/mol. The molecule has 0 aliphatic carbocycles. The lowest BCUT2D eigenvalue weighted by Gasteiger charge is -2.23. The third-order valence-corrected chi connectivity index (χ3v) is 2.98. The van der Waals surface area contributed by atoms with Gasteiger partial charge in [-0.1, -0.05) is 32.0 Å². The molecule has 2 N–H and O–H groups in total. The maximum absolute atomic E-state index is 5.79. The van der Waals surface area contributed by atoms with Crippen LogP contribution >= 0.6 is 0 Å². The second-order valence-corrected chi connectivity index (χ2v) is 4.72. The molecule has 1 aromatic rings. The van der Waals surface area contributed by atoms with E-state index in [4.69, 9.17) is 5.73 Å². The Bertz CT molecular complexity index is 344. The first-order valence-corrected chi connectivity index (χ1v) is 5.78. The minimum absolute atomic E-state index is 0.651. The third-order valence-electron chi connectivity index (χ3n) is 2.98. The zero-order valence-corrected chi connectivity index (χ0v) is 9.66. The van der Waals surface area contributed by atoms with Crippen molar-refractivity contribution >= 4 is 5.69 Å². The van der Waals surface area contributed by atoms with E-state index in [2.05, 4.69) is 36.9 Å². The number of nitrogens with zero attached hydrogens (tertiary/aromatic N) is 1. The van der Waals surface area contributed by atoms with Gasteiger partial charge in [-0.3, -0.25) is 0 Å². The Balaban J connectivity index is 2.31. The van der Waals surface area contributed by atoms with Crippen LogP contribution in [-0.2, 0) is 13.0 Å². The van der Waals surface area contributed by atoms with E-state index in [-0.39, 0.29) is 0 Å². The molecule has 0 aromatic heterocycles. The van der Waals surface area contributed by atoms with Crippen LogP contribution in [-0.4, -0.2) is 13.1 Å². The fraction of sp³-hybridized carbons (Fsp3) is 0.538. The summed E-state index contributed by atoms with van der Waals surface area (Å²) in [5.74, 6) is 0.710. The van der Waals surface area contributed by atoms with Gasteiger partial charge in [-0.25, -0.2) is 0 Å². The maximum atomic E-state index is 5.79. The van der Waals surface area contributed by atoms with Crippen LogP contribution in [0.25, 0.3) is 0 Å². The fourth-order valence-electron chi connectivity index (χ4n) is 2.41. The number of anilines is 1. The minimum Gasteiger partial charge on any atom is -0.370 e. The Morgan fingerprint density at radius 1 is 1.40 bits per heavy atom. The Morgan fingerprint density at radius 2 is 2.20 bits per heavy atom. The van der Waals surface area contributed by atoms with Crippen molar-refractivity contribution in [1.29, 1.82) is 0 Å². The quantitative estimate of drug-likeness (QED) is 0.817. The molecule has 1 heterocycles. The normalized spacial score (nSPS) is 14.8. The van der Waals surface area contributed by atoms with Crippen LogP contribution in [0.3, 0.4) is 0 Å². The summed E-state index contributed by atoms with van der Waals surface area (Å²) in [5, 5.41) is 0. The largest absolute Gasteiger partial charge is 0.370 e. The molecular weight excluding hydrogens is 184 g/mol. The topological polar surface area (TPSA) is 29.3 Å². The Labute approximate surface area is 92.1 Å². The molecule has 1 aromatic carbocycles. The van der Waals surface area contributed by atoms with Gasteiger partial charge in [0.1, 0.15) is 0 Å². The van der Waals surface area contributed by atoms with Crippen LogP contribution in [0.4, 0.5) is 5.69 Å². The molecule has 0 spiro atoms. The summed E-state index contributed by atoms with van der Waals surface area (Å²) in [5.41, 5.74) is 9.97. The highest BCUT2D eigenvalue weighted by atomic mass is 15.1. The van der Waals surface area contributed by atoms with E-state index in [1.807, 2.05) is 0 Å². The lowest BCUT2D eigenvalue weighted by Crippen LogP contribution is -2.26. The number of hydrogen-bond acceptors (Lipinski definition) is 2. The Morgan fingerprint density at radius 3 is 2.87 bits per heavy atom. The molecule has 0 fully saturated rings. The highest BCUT2D eigenvalue weighted by Crippen LogP contribution is 2.31. The number of rotatable bonds is 3. The molecule has 0 radical (unpaired) electrons. The molecule has 2 rings (SSSR count). The summed E-state index contributed by atoms with van der Waals surface area (Å²) in [4.78, 5) is 2.49. The van der Waals surface area contributed by atoms with Crippen molar-refractivity contribution in [2.24, 2.45) is 11.7 Å². The van der Waals surface area contributed by atoms with Crippen molar-refractivity contribution < 1.29 is 0 Å². The molecule has 1 aliphatic rings. The van der Waals surface area contributed by atoms with Crippen molar-refractivity contribution in [3.8, 4) is 0 Å². The lowest BCUT2D eigenvalue weighted by atomic mass is 10.1. The monoisotopic (exact) mass is 204 g/mol. The van der Waals surface area contributed by atoms with Gasteiger partial charge in [0.15, 0.2) is 0 Å². The molecule has 0 unspecified atom stereocenters. The molecule has 0 atom stereocenters. The lowest BCUT2D eigenvalue weighted by molar-refractivity contribution is 0.621. The Kier molecular flexibility index (Phi) is 2.96. The summed E-state index contributed by atoms with van der Waals surface area (Å²) in [6, 6.07) is 6.51. The van der Waals surface area contributed by atoms with Crippen molar-refractivity contribution in [2.75, 3.05) is 18.0 Å². The summed E-state index contributed by atoms with van der Waals surface area (Å²) >= 11 is 0. The first-order valence-electron chi connectivity index (χ1n) is 5.78. The number of benzene rings is 1. The van der Waals surface area contributed by atoms with E-state index < -0.39 is 0 Å². The van der Waals surface area contributed by atoms with Crippen molar-refractivity contribution in [3.05, 3.63) is 29.3 Å². The zero-order chi connectivity index (χ0) is 10.8. The highest BCUT2D eigenvalue weighted by molar-refractivity contribution is 5.63. The predicted molar refractivity (Wildman–Crippen MR) is 65.1 cm³/mol. The summed E-state index contributed by atoms with van der Waals surface area (Å²) in [6.07, 6.45) is 1.18. The first kappa shape index (κ1) is 10.5. The van der Waals surface area contributed by atoms with Gasteiger partial charge in [0.05, 0.1) is 0 Å². The van der Waals surface area contributed by atoms with Gasteiger partial charge in [-0.2, -0.15) is 0 Å². The SMILES string of the molecule is CC(C)CN1CCc2cccc(CN)c21. The van der Waals surface area contributed by atoms with Crippen LogP contribution in [0.5, 0.6) is 0 Å². The third kappa shape index (κ3) is 2.00. The van der Waals surface area contributed by atoms with E-state index >= 15 is 0 Å². The standard InChI is InChI=1S/C13H20N2/c1-10(2)9-15-7-6-11-4-3-5-12(8-14)13(11)15/h3-5,10H,6-9,14H2,1-2H3. The van der Waals surface area contributed by atoms with Gasteiger partial charge in [0, 0.05) is 25.3 Å². The molecule has 82 valence electrons. The van der Waals surface area contributed by atoms with Crippen LogP contribution in [0.15, 0.2) is 18.2 Å². The smallest absolute Gasteiger partial charge is 0.0445 e. The molecule has 0 amide bonds. The zero-order valence-electron chi connectivity index (χ0n) is 9.66. The van der Waals surface area contributed by atoms with E-state index in [0.717, 1.165) is 13.1 Å². The van der Waals surface area contributed by atoms with E-state index in [1.165, 1.54) is 23.2 Å². The molecule has 0 saturated carbocycles. The van der Waals surface area contributed by atoms with Crippen molar-refractivity contribution in [3.63, 3.8) is 0 Å². The van der Waals surface area contributed by atoms with Crippen LogP contribution in [0.2, 0.25) is 0 Å². The van der Waals surface area contributed by atoms with Crippen LogP contribution in [0.1, 0.15) is 25.0 Å². The number of hydrogen-bond donors (Lipinski definition) is 1. The molecule has 0 bridgehead atoms. The van der Waals surface area contributed by atoms with Gasteiger partial charge in [-0.05, 0) is 23.5 Å². The number of fused-ring (bicyclic) bond motifs is 1. The van der Waals surface area contributed by atoms with Gasteiger partial charge in [0.2, 0.25) is 0 Å². The van der Waals surface area contributed by atoms with E-state index in [1.54, 1.807) is 0 Å². The molecule has 15 heavy (non-hydrogen) atoms. The average Bonchev–Trinajstić information content (AvgIpc) is 2.61. The summed E-state index contributed by atoms with van der Waals surface area (Å²) in [6.45, 7) is 7.48. The number of nitrogens with two attached hydrogens (primary N) is 1. The minimum atomic E-state index is 0.651. The maximum Gasteiger partial charge on any atom is 0.0445 e. The van der Waals surface area contributed by atoms with Crippen LogP contribution in [0, 0.1) is 5.92 Å². The summed E-state index contributed by atoms with van der Waals surface area (Å²) < 4.78 is 0. The first-order chi connectivity index (χ1) is 7.22. The predicted octanol–water partition coefficient (Wildman–Crippen LogP) is 2.16. The van der Waals surface area contributed by atoms with Crippen molar-refractivity contribution in [1.82, 2.24) is 0 Å². The number of para-hydroxylation sites is 1. The second kappa shape index (κ2) is 4.23. The second-order valence-electron chi connectivity index (χ2n) is 4.72. The molecule has 1 aliphatic heterocycles. The molecule has 2 nitrogen and oxygen atoms in total. The van der Waals surface area contributed by atoms with Crippen LogP contribution < -0.4 is 10.6 Å². The van der Waals surface area contributed by atoms with Gasteiger partial charge < -0.3 is 10.6 Å². The van der Waals surface area contributed by atoms with Gasteiger partial charge in [-0.15, -0.1) is 0 Å². The molecular formula is C13H20N2. The molecule has 0 saturated heterocycles.